The van der Waals surface area contributed by atoms with Gasteiger partial charge >= 0.3 is 6.03 Å². The van der Waals surface area contributed by atoms with Crippen LogP contribution >= 0.6 is 0 Å². The predicted molar refractivity (Wildman–Crippen MR) is 94.9 cm³/mol. The first-order valence-corrected chi connectivity index (χ1v) is 8.61. The summed E-state index contributed by atoms with van der Waals surface area (Å²) >= 11 is 0. The minimum Gasteiger partial charge on any atom is -0.494 e. The van der Waals surface area contributed by atoms with Gasteiger partial charge in [-0.2, -0.15) is 0 Å². The van der Waals surface area contributed by atoms with Gasteiger partial charge in [0.2, 0.25) is 0 Å². The zero-order valence-electron chi connectivity index (χ0n) is 15.2. The van der Waals surface area contributed by atoms with E-state index in [0.717, 1.165) is 18.6 Å². The fourth-order valence-electron chi connectivity index (χ4n) is 2.61. The predicted octanol–water partition coefficient (Wildman–Crippen LogP) is 1.73. The number of nitrogens with zero attached hydrogens (tertiary/aromatic N) is 2. The second-order valence-corrected chi connectivity index (χ2v) is 6.19. The summed E-state index contributed by atoms with van der Waals surface area (Å²) in [4.78, 5) is 27.2. The van der Waals surface area contributed by atoms with Gasteiger partial charge in [0.05, 0.1) is 6.61 Å². The molecular weight excluding hydrogens is 322 g/mol. The molecule has 1 N–H and O–H groups in total. The number of nitrogens with one attached hydrogen (secondary N) is 1. The molecule has 3 amide bonds. The van der Waals surface area contributed by atoms with Crippen molar-refractivity contribution >= 4 is 11.9 Å². The van der Waals surface area contributed by atoms with Crippen molar-refractivity contribution in [1.82, 2.24) is 15.1 Å². The first-order valence-electron chi connectivity index (χ1n) is 8.61. The molecule has 1 heterocycles. The molecule has 0 aromatic heterocycles. The second-order valence-electron chi connectivity index (χ2n) is 6.19. The highest BCUT2D eigenvalue weighted by atomic mass is 16.5. The Kier molecular flexibility index (Phi) is 6.91. The standard InChI is InChI=1S/C18H27N3O4/c1-4-24-15-5-7-16(8-6-15)25-13-17(22)21-11-9-14(10-12-21)19-18(23)20(2)3/h5-8,14H,4,9-13H2,1-3H3,(H,19,23). The third kappa shape index (κ3) is 5.85. The average molecular weight is 349 g/mol. The van der Waals surface area contributed by atoms with Gasteiger partial charge in [0.1, 0.15) is 11.5 Å². The van der Waals surface area contributed by atoms with Crippen LogP contribution in [0.15, 0.2) is 24.3 Å². The molecule has 0 bridgehead atoms. The van der Waals surface area contributed by atoms with E-state index >= 15 is 0 Å². The molecule has 0 unspecified atom stereocenters. The Balaban J connectivity index is 1.72. The highest BCUT2D eigenvalue weighted by Gasteiger charge is 2.24. The van der Waals surface area contributed by atoms with Gasteiger partial charge in [-0.05, 0) is 44.0 Å². The number of ether oxygens (including phenoxy) is 2. The smallest absolute Gasteiger partial charge is 0.317 e. The lowest BCUT2D eigenvalue weighted by Gasteiger charge is -2.32. The molecule has 2 rings (SSSR count). The third-order valence-corrected chi connectivity index (χ3v) is 4.08. The zero-order chi connectivity index (χ0) is 18.2. The highest BCUT2D eigenvalue weighted by Crippen LogP contribution is 2.18. The number of urea groups is 1. The van der Waals surface area contributed by atoms with Gasteiger partial charge in [-0.15, -0.1) is 0 Å². The molecule has 0 spiro atoms. The molecule has 7 nitrogen and oxygen atoms in total. The minimum absolute atomic E-state index is 0.0166. The highest BCUT2D eigenvalue weighted by molar-refractivity contribution is 5.78. The van der Waals surface area contributed by atoms with E-state index in [-0.39, 0.29) is 24.6 Å². The number of hydrogen-bond donors (Lipinski definition) is 1. The average Bonchev–Trinajstić information content (AvgIpc) is 2.61. The molecule has 1 aliphatic rings. The van der Waals surface area contributed by atoms with Gasteiger partial charge in [-0.1, -0.05) is 0 Å². The van der Waals surface area contributed by atoms with Crippen LogP contribution in [0.2, 0.25) is 0 Å². The fraction of sp³-hybridized carbons (Fsp3) is 0.556. The Morgan fingerprint density at radius 1 is 1.12 bits per heavy atom. The molecule has 138 valence electrons. The van der Waals surface area contributed by atoms with Crippen LogP contribution in [0, 0.1) is 0 Å². The maximum absolute atomic E-state index is 12.3. The van der Waals surface area contributed by atoms with E-state index in [1.165, 1.54) is 4.90 Å². The minimum atomic E-state index is -0.0939. The molecule has 0 aliphatic carbocycles. The van der Waals surface area contributed by atoms with Crippen molar-refractivity contribution in [2.24, 2.45) is 0 Å². The van der Waals surface area contributed by atoms with E-state index in [4.69, 9.17) is 9.47 Å². The third-order valence-electron chi connectivity index (χ3n) is 4.08. The number of rotatable bonds is 6. The largest absolute Gasteiger partial charge is 0.494 e. The van der Waals surface area contributed by atoms with Crippen molar-refractivity contribution in [2.45, 2.75) is 25.8 Å². The summed E-state index contributed by atoms with van der Waals surface area (Å²) in [5.74, 6) is 1.39. The Labute approximate surface area is 148 Å². The SMILES string of the molecule is CCOc1ccc(OCC(=O)N2CCC(NC(=O)N(C)C)CC2)cc1. The van der Waals surface area contributed by atoms with E-state index in [2.05, 4.69) is 5.32 Å². The Morgan fingerprint density at radius 2 is 1.68 bits per heavy atom. The first kappa shape index (κ1) is 18.9. The topological polar surface area (TPSA) is 71.1 Å². The Morgan fingerprint density at radius 3 is 2.20 bits per heavy atom. The van der Waals surface area contributed by atoms with Gasteiger partial charge < -0.3 is 24.6 Å². The van der Waals surface area contributed by atoms with Gasteiger partial charge in [-0.25, -0.2) is 4.79 Å². The van der Waals surface area contributed by atoms with Gasteiger partial charge in [0.25, 0.3) is 5.91 Å². The van der Waals surface area contributed by atoms with Crippen molar-refractivity contribution in [3.05, 3.63) is 24.3 Å². The summed E-state index contributed by atoms with van der Waals surface area (Å²) in [6.45, 7) is 3.82. The number of carbonyl (C=O) groups excluding carboxylic acids is 2. The number of amides is 3. The van der Waals surface area contributed by atoms with Gasteiger partial charge in [0, 0.05) is 33.2 Å². The molecule has 7 heteroatoms. The van der Waals surface area contributed by atoms with Crippen LogP contribution in [-0.2, 0) is 4.79 Å². The van der Waals surface area contributed by atoms with Crippen molar-refractivity contribution in [3.63, 3.8) is 0 Å². The van der Waals surface area contributed by atoms with Crippen LogP contribution < -0.4 is 14.8 Å². The van der Waals surface area contributed by atoms with Crippen molar-refractivity contribution in [2.75, 3.05) is 40.4 Å². The van der Waals surface area contributed by atoms with E-state index in [0.29, 0.717) is 25.4 Å². The molecule has 1 aromatic rings. The second kappa shape index (κ2) is 9.15. The summed E-state index contributed by atoms with van der Waals surface area (Å²) in [6, 6.07) is 7.25. The maximum atomic E-state index is 12.3. The van der Waals surface area contributed by atoms with E-state index in [9.17, 15) is 9.59 Å². The Hall–Kier alpha value is -2.44. The summed E-state index contributed by atoms with van der Waals surface area (Å²) in [5, 5.41) is 2.96. The number of piperidine rings is 1. The molecule has 0 radical (unpaired) electrons. The van der Waals surface area contributed by atoms with Crippen molar-refractivity contribution < 1.29 is 19.1 Å². The first-order chi connectivity index (χ1) is 12.0. The van der Waals surface area contributed by atoms with Crippen molar-refractivity contribution in [1.29, 1.82) is 0 Å². The molecule has 1 aromatic carbocycles. The summed E-state index contributed by atoms with van der Waals surface area (Å²) in [6.07, 6.45) is 1.52. The molecule has 1 aliphatic heterocycles. The molecular formula is C18H27N3O4. The lowest BCUT2D eigenvalue weighted by Crippen LogP contribution is -2.49. The summed E-state index contributed by atoms with van der Waals surface area (Å²) < 4.78 is 10.9. The van der Waals surface area contributed by atoms with Crippen LogP contribution in [0.5, 0.6) is 11.5 Å². The molecule has 0 atom stereocenters. The zero-order valence-corrected chi connectivity index (χ0v) is 15.2. The van der Waals surface area contributed by atoms with E-state index < -0.39 is 0 Å². The molecule has 1 saturated heterocycles. The van der Waals surface area contributed by atoms with E-state index in [1.807, 2.05) is 19.1 Å². The fourth-order valence-corrected chi connectivity index (χ4v) is 2.61. The molecule has 0 saturated carbocycles. The number of likely N-dealkylation sites (tertiary alicyclic amines) is 1. The van der Waals surface area contributed by atoms with Crippen LogP contribution in [0.4, 0.5) is 4.79 Å². The number of hydrogen-bond acceptors (Lipinski definition) is 4. The molecule has 25 heavy (non-hydrogen) atoms. The van der Waals surface area contributed by atoms with Crippen LogP contribution in [0.3, 0.4) is 0 Å². The van der Waals surface area contributed by atoms with Gasteiger partial charge in [-0.3, -0.25) is 4.79 Å². The van der Waals surface area contributed by atoms with Crippen LogP contribution in [-0.4, -0.2) is 68.2 Å². The lowest BCUT2D eigenvalue weighted by atomic mass is 10.1. The number of benzene rings is 1. The van der Waals surface area contributed by atoms with Gasteiger partial charge in [0.15, 0.2) is 6.61 Å². The monoisotopic (exact) mass is 349 g/mol. The normalized spacial score (nSPS) is 14.8. The van der Waals surface area contributed by atoms with E-state index in [1.54, 1.807) is 31.1 Å². The Bertz CT molecular complexity index is 566. The number of carbonyl (C=O) groups is 2. The quantitative estimate of drug-likeness (QED) is 0.849. The maximum Gasteiger partial charge on any atom is 0.317 e. The van der Waals surface area contributed by atoms with Crippen molar-refractivity contribution in [3.8, 4) is 11.5 Å². The summed E-state index contributed by atoms with van der Waals surface area (Å²) in [7, 11) is 3.43. The summed E-state index contributed by atoms with van der Waals surface area (Å²) in [5.41, 5.74) is 0. The lowest BCUT2D eigenvalue weighted by molar-refractivity contribution is -0.134. The van der Waals surface area contributed by atoms with Crippen LogP contribution in [0.1, 0.15) is 19.8 Å². The molecule has 1 fully saturated rings. The van der Waals surface area contributed by atoms with Crippen LogP contribution in [0.25, 0.3) is 0 Å².